The molecule has 112 valence electrons. The second kappa shape index (κ2) is 5.11. The molecule has 2 aliphatic heterocycles. The number of fused-ring (bicyclic) bond motifs is 1. The second-order valence-electron chi connectivity index (χ2n) is 5.95. The van der Waals surface area contributed by atoms with E-state index in [1.54, 1.807) is 12.1 Å². The minimum Gasteiger partial charge on any atom is -0.459 e. The Kier molecular flexibility index (Phi) is 3.41. The summed E-state index contributed by atoms with van der Waals surface area (Å²) in [5.74, 6) is -0.192. The summed E-state index contributed by atoms with van der Waals surface area (Å²) in [5.41, 5.74) is 0.302. The number of non-ortho nitro benzene ring substituents is 1. The van der Waals surface area contributed by atoms with E-state index < -0.39 is 10.5 Å². The van der Waals surface area contributed by atoms with Crippen LogP contribution in [-0.4, -0.2) is 33.9 Å². The van der Waals surface area contributed by atoms with Gasteiger partial charge >= 0.3 is 5.97 Å². The van der Waals surface area contributed by atoms with E-state index in [0.29, 0.717) is 6.04 Å². The molecule has 21 heavy (non-hydrogen) atoms. The molecule has 0 saturated carbocycles. The van der Waals surface area contributed by atoms with Crippen molar-refractivity contribution in [2.75, 3.05) is 6.54 Å². The SMILES string of the molecule is CC1(C(=O)OCc2ccc([N+](=O)[O-])cc2)CCC2CCN21. The highest BCUT2D eigenvalue weighted by molar-refractivity contribution is 5.81. The number of esters is 1. The van der Waals surface area contributed by atoms with E-state index >= 15 is 0 Å². The Hall–Kier alpha value is -1.95. The standard InChI is InChI=1S/C15H18N2O4/c1-15(8-6-12-7-9-16(12)15)14(18)21-10-11-2-4-13(5-3-11)17(19)20/h2-5,12H,6-10H2,1H3. The molecule has 0 amide bonds. The average Bonchev–Trinajstić information content (AvgIpc) is 2.66. The van der Waals surface area contributed by atoms with Gasteiger partial charge in [0, 0.05) is 24.7 Å². The van der Waals surface area contributed by atoms with Gasteiger partial charge in [0.25, 0.3) is 5.69 Å². The molecule has 0 N–H and O–H groups in total. The highest BCUT2D eigenvalue weighted by atomic mass is 16.6. The predicted octanol–water partition coefficient (Wildman–Crippen LogP) is 2.26. The van der Waals surface area contributed by atoms with Gasteiger partial charge in [-0.05, 0) is 43.9 Å². The Bertz CT molecular complexity index is 572. The van der Waals surface area contributed by atoms with Crippen molar-refractivity contribution in [2.24, 2.45) is 0 Å². The van der Waals surface area contributed by atoms with Crippen molar-refractivity contribution in [3.05, 3.63) is 39.9 Å². The van der Waals surface area contributed by atoms with Gasteiger partial charge < -0.3 is 4.74 Å². The van der Waals surface area contributed by atoms with Gasteiger partial charge in [-0.15, -0.1) is 0 Å². The first kappa shape index (κ1) is 14.0. The van der Waals surface area contributed by atoms with Gasteiger partial charge in [-0.2, -0.15) is 0 Å². The summed E-state index contributed by atoms with van der Waals surface area (Å²) in [6.07, 6.45) is 3.07. The third-order valence-corrected chi connectivity index (χ3v) is 4.70. The Morgan fingerprint density at radius 2 is 2.14 bits per heavy atom. The van der Waals surface area contributed by atoms with Crippen LogP contribution in [0.2, 0.25) is 0 Å². The maximum Gasteiger partial charge on any atom is 0.326 e. The van der Waals surface area contributed by atoms with Gasteiger partial charge in [-0.25, -0.2) is 0 Å². The maximum atomic E-state index is 12.3. The molecule has 6 heteroatoms. The molecular weight excluding hydrogens is 272 g/mol. The number of nitro groups is 1. The molecule has 2 heterocycles. The summed E-state index contributed by atoms with van der Waals surface area (Å²) in [6, 6.07) is 6.63. The zero-order valence-electron chi connectivity index (χ0n) is 11.9. The molecular formula is C15H18N2O4. The van der Waals surface area contributed by atoms with Gasteiger partial charge in [-0.3, -0.25) is 19.8 Å². The van der Waals surface area contributed by atoms with Gasteiger partial charge in [0.2, 0.25) is 0 Å². The lowest BCUT2D eigenvalue weighted by Crippen LogP contribution is -2.57. The number of benzene rings is 1. The first-order valence-electron chi connectivity index (χ1n) is 7.18. The van der Waals surface area contributed by atoms with E-state index in [9.17, 15) is 14.9 Å². The van der Waals surface area contributed by atoms with Gasteiger partial charge in [0.15, 0.2) is 0 Å². The maximum absolute atomic E-state index is 12.3. The summed E-state index contributed by atoms with van der Waals surface area (Å²) in [7, 11) is 0. The molecule has 0 spiro atoms. The fraction of sp³-hybridized carbons (Fsp3) is 0.533. The Morgan fingerprint density at radius 3 is 2.67 bits per heavy atom. The number of rotatable bonds is 4. The largest absolute Gasteiger partial charge is 0.459 e. The van der Waals surface area contributed by atoms with E-state index in [4.69, 9.17) is 4.74 Å². The molecule has 0 radical (unpaired) electrons. The van der Waals surface area contributed by atoms with Gasteiger partial charge in [0.1, 0.15) is 12.1 Å². The zero-order valence-corrected chi connectivity index (χ0v) is 11.9. The van der Waals surface area contributed by atoms with Crippen molar-refractivity contribution in [1.82, 2.24) is 4.90 Å². The first-order chi connectivity index (χ1) is 10.0. The predicted molar refractivity (Wildman–Crippen MR) is 75.6 cm³/mol. The summed E-state index contributed by atoms with van der Waals surface area (Å²) in [5, 5.41) is 10.6. The summed E-state index contributed by atoms with van der Waals surface area (Å²) >= 11 is 0. The van der Waals surface area contributed by atoms with Crippen LogP contribution in [0.5, 0.6) is 0 Å². The van der Waals surface area contributed by atoms with Crippen LogP contribution in [0, 0.1) is 10.1 Å². The van der Waals surface area contributed by atoms with Crippen LogP contribution < -0.4 is 0 Å². The minimum atomic E-state index is -0.496. The zero-order chi connectivity index (χ0) is 15.0. The van der Waals surface area contributed by atoms with Crippen LogP contribution in [0.1, 0.15) is 31.7 Å². The highest BCUT2D eigenvalue weighted by Gasteiger charge is 2.52. The Morgan fingerprint density at radius 1 is 1.43 bits per heavy atom. The van der Waals surface area contributed by atoms with Crippen LogP contribution in [0.25, 0.3) is 0 Å². The van der Waals surface area contributed by atoms with E-state index in [0.717, 1.165) is 24.9 Å². The van der Waals surface area contributed by atoms with E-state index in [2.05, 4.69) is 4.90 Å². The van der Waals surface area contributed by atoms with Crippen molar-refractivity contribution in [3.8, 4) is 0 Å². The number of nitrogens with zero attached hydrogens (tertiary/aromatic N) is 2. The average molecular weight is 290 g/mol. The number of hydrogen-bond donors (Lipinski definition) is 0. The molecule has 3 rings (SSSR count). The number of nitro benzene ring substituents is 1. The first-order valence-corrected chi connectivity index (χ1v) is 7.18. The molecule has 1 aromatic carbocycles. The third-order valence-electron chi connectivity index (χ3n) is 4.70. The van der Waals surface area contributed by atoms with Crippen molar-refractivity contribution < 1.29 is 14.5 Å². The summed E-state index contributed by atoms with van der Waals surface area (Å²) in [4.78, 5) is 24.7. The van der Waals surface area contributed by atoms with Crippen molar-refractivity contribution in [3.63, 3.8) is 0 Å². The normalized spacial score (nSPS) is 27.8. The number of carbonyl (C=O) groups excluding carboxylic acids is 1. The fourth-order valence-electron chi connectivity index (χ4n) is 3.22. The number of hydrogen-bond acceptors (Lipinski definition) is 5. The monoisotopic (exact) mass is 290 g/mol. The smallest absolute Gasteiger partial charge is 0.326 e. The number of carbonyl (C=O) groups is 1. The molecule has 0 aliphatic carbocycles. The van der Waals surface area contributed by atoms with Crippen LogP contribution in [-0.2, 0) is 16.1 Å². The van der Waals surface area contributed by atoms with E-state index in [-0.39, 0.29) is 18.3 Å². The van der Waals surface area contributed by atoms with Gasteiger partial charge in [0.05, 0.1) is 4.92 Å². The molecule has 1 aromatic rings. The van der Waals surface area contributed by atoms with Crippen LogP contribution >= 0.6 is 0 Å². The molecule has 2 saturated heterocycles. The fourth-order valence-corrected chi connectivity index (χ4v) is 3.22. The quantitative estimate of drug-likeness (QED) is 0.483. The molecule has 2 atom stereocenters. The minimum absolute atomic E-state index is 0.0382. The molecule has 0 aromatic heterocycles. The van der Waals surface area contributed by atoms with Crippen LogP contribution in [0.4, 0.5) is 5.69 Å². The Balaban J connectivity index is 1.59. The van der Waals surface area contributed by atoms with E-state index in [1.165, 1.54) is 18.6 Å². The number of ether oxygens (including phenoxy) is 1. The van der Waals surface area contributed by atoms with Crippen LogP contribution in [0.3, 0.4) is 0 Å². The summed E-state index contributed by atoms with van der Waals surface area (Å²) in [6.45, 7) is 3.07. The Labute approximate surface area is 122 Å². The highest BCUT2D eigenvalue weighted by Crippen LogP contribution is 2.41. The van der Waals surface area contributed by atoms with Crippen molar-refractivity contribution >= 4 is 11.7 Å². The second-order valence-corrected chi connectivity index (χ2v) is 5.95. The molecule has 2 unspecified atom stereocenters. The molecule has 2 aliphatic rings. The molecule has 0 bridgehead atoms. The molecule has 2 fully saturated rings. The lowest BCUT2D eigenvalue weighted by molar-refractivity contribution is -0.384. The van der Waals surface area contributed by atoms with E-state index in [1.807, 2.05) is 6.92 Å². The lowest BCUT2D eigenvalue weighted by Gasteiger charge is -2.43. The summed E-state index contributed by atoms with van der Waals surface area (Å²) < 4.78 is 5.42. The third kappa shape index (κ3) is 2.40. The van der Waals surface area contributed by atoms with Crippen LogP contribution in [0.15, 0.2) is 24.3 Å². The van der Waals surface area contributed by atoms with Gasteiger partial charge in [-0.1, -0.05) is 0 Å². The lowest BCUT2D eigenvalue weighted by atomic mass is 9.98. The molecule has 6 nitrogen and oxygen atoms in total. The topological polar surface area (TPSA) is 72.7 Å². The van der Waals surface area contributed by atoms with Crippen molar-refractivity contribution in [2.45, 2.75) is 44.4 Å². The van der Waals surface area contributed by atoms with Crippen molar-refractivity contribution in [1.29, 1.82) is 0 Å².